The van der Waals surface area contributed by atoms with E-state index in [9.17, 15) is 9.59 Å². The smallest absolute Gasteiger partial charge is 0.331 e. The van der Waals surface area contributed by atoms with Crippen LogP contribution >= 0.6 is 11.8 Å². The lowest BCUT2D eigenvalue weighted by Crippen LogP contribution is -2.56. The minimum absolute atomic E-state index is 0.0516. The molecule has 1 N–H and O–H groups in total. The van der Waals surface area contributed by atoms with Crippen LogP contribution in [0.2, 0.25) is 0 Å². The molecule has 5 heteroatoms. The molecule has 0 aromatic carbocycles. The molecular formula is C13H23NO3S. The van der Waals surface area contributed by atoms with Crippen LogP contribution in [0.4, 0.5) is 0 Å². The molecular weight excluding hydrogens is 250 g/mol. The Balaban J connectivity index is 2.67. The Labute approximate surface area is 113 Å². The molecule has 0 aliphatic heterocycles. The average Bonchev–Trinajstić information content (AvgIpc) is 2.38. The highest BCUT2D eigenvalue weighted by Gasteiger charge is 2.43. The van der Waals surface area contributed by atoms with E-state index < -0.39 is 5.54 Å². The lowest BCUT2D eigenvalue weighted by atomic mass is 9.77. The van der Waals surface area contributed by atoms with Crippen molar-refractivity contribution in [2.24, 2.45) is 5.92 Å². The van der Waals surface area contributed by atoms with Crippen LogP contribution in [0.3, 0.4) is 0 Å². The average molecular weight is 273 g/mol. The lowest BCUT2D eigenvalue weighted by Gasteiger charge is -2.37. The van der Waals surface area contributed by atoms with Gasteiger partial charge in [0, 0.05) is 12.2 Å². The fourth-order valence-corrected chi connectivity index (χ4v) is 2.74. The maximum atomic E-state index is 12.0. The van der Waals surface area contributed by atoms with Crippen molar-refractivity contribution in [3.8, 4) is 0 Å². The molecule has 0 bridgehead atoms. The third kappa shape index (κ3) is 3.90. The van der Waals surface area contributed by atoms with Crippen molar-refractivity contribution >= 4 is 23.6 Å². The van der Waals surface area contributed by atoms with Crippen LogP contribution in [-0.4, -0.2) is 36.5 Å². The van der Waals surface area contributed by atoms with Gasteiger partial charge in [0.15, 0.2) is 0 Å². The Bertz CT molecular complexity index is 299. The third-order valence-corrected chi connectivity index (χ3v) is 4.23. The summed E-state index contributed by atoms with van der Waals surface area (Å²) in [7, 11) is 1.39. The van der Waals surface area contributed by atoms with Gasteiger partial charge in [-0.05, 0) is 37.9 Å². The van der Waals surface area contributed by atoms with E-state index in [2.05, 4.69) is 12.2 Å². The van der Waals surface area contributed by atoms with Crippen molar-refractivity contribution in [3.05, 3.63) is 0 Å². The highest BCUT2D eigenvalue weighted by molar-refractivity contribution is 7.98. The molecule has 18 heavy (non-hydrogen) atoms. The summed E-state index contributed by atoms with van der Waals surface area (Å²) < 4.78 is 4.87. The van der Waals surface area contributed by atoms with Gasteiger partial charge < -0.3 is 10.1 Å². The van der Waals surface area contributed by atoms with Crippen LogP contribution in [-0.2, 0) is 14.3 Å². The van der Waals surface area contributed by atoms with Crippen molar-refractivity contribution in [3.63, 3.8) is 0 Å². The minimum Gasteiger partial charge on any atom is -0.467 e. The SMILES string of the molecule is COC(=O)C1(NC(=O)CCSC)CCC(C)CC1. The van der Waals surface area contributed by atoms with Gasteiger partial charge in [-0.2, -0.15) is 11.8 Å². The molecule has 0 radical (unpaired) electrons. The van der Waals surface area contributed by atoms with Gasteiger partial charge in [-0.3, -0.25) is 4.79 Å². The molecule has 0 aromatic heterocycles. The predicted molar refractivity (Wildman–Crippen MR) is 73.5 cm³/mol. The molecule has 0 spiro atoms. The van der Waals surface area contributed by atoms with Gasteiger partial charge in [-0.15, -0.1) is 0 Å². The summed E-state index contributed by atoms with van der Waals surface area (Å²) in [5.41, 5.74) is -0.781. The first-order chi connectivity index (χ1) is 8.54. The van der Waals surface area contributed by atoms with Crippen LogP contribution in [0.5, 0.6) is 0 Å². The molecule has 0 aromatic rings. The van der Waals surface area contributed by atoms with Crippen LogP contribution in [0.15, 0.2) is 0 Å². The van der Waals surface area contributed by atoms with Gasteiger partial charge in [0.05, 0.1) is 7.11 Å². The first-order valence-electron chi connectivity index (χ1n) is 6.42. The second kappa shape index (κ2) is 7.02. The fourth-order valence-electron chi connectivity index (χ4n) is 2.35. The number of hydrogen-bond donors (Lipinski definition) is 1. The number of carbonyl (C=O) groups excluding carboxylic acids is 2. The second-order valence-electron chi connectivity index (χ2n) is 5.05. The number of carbonyl (C=O) groups is 2. The molecule has 1 saturated carbocycles. The number of nitrogens with one attached hydrogen (secondary N) is 1. The van der Waals surface area contributed by atoms with Gasteiger partial charge in [0.1, 0.15) is 5.54 Å². The monoisotopic (exact) mass is 273 g/mol. The summed E-state index contributed by atoms with van der Waals surface area (Å²) in [6, 6.07) is 0. The van der Waals surface area contributed by atoms with Gasteiger partial charge in [-0.25, -0.2) is 4.79 Å². The van der Waals surface area contributed by atoms with Crippen LogP contribution in [0, 0.1) is 5.92 Å². The van der Waals surface area contributed by atoms with E-state index in [1.54, 1.807) is 11.8 Å². The number of ether oxygens (including phenoxy) is 1. The number of methoxy groups -OCH3 is 1. The van der Waals surface area contributed by atoms with Gasteiger partial charge in [0.2, 0.25) is 5.91 Å². The van der Waals surface area contributed by atoms with E-state index in [-0.39, 0.29) is 11.9 Å². The number of amides is 1. The van der Waals surface area contributed by atoms with Crippen molar-refractivity contribution in [1.82, 2.24) is 5.32 Å². The maximum absolute atomic E-state index is 12.0. The molecule has 104 valence electrons. The highest BCUT2D eigenvalue weighted by Crippen LogP contribution is 2.33. The summed E-state index contributed by atoms with van der Waals surface area (Å²) in [5, 5.41) is 2.91. The molecule has 0 saturated heterocycles. The van der Waals surface area contributed by atoms with Crippen molar-refractivity contribution in [2.75, 3.05) is 19.1 Å². The van der Waals surface area contributed by atoms with Gasteiger partial charge >= 0.3 is 5.97 Å². The predicted octanol–water partition coefficient (Wildman–Crippen LogP) is 1.98. The van der Waals surface area contributed by atoms with Crippen molar-refractivity contribution in [1.29, 1.82) is 0 Å². The number of hydrogen-bond acceptors (Lipinski definition) is 4. The van der Waals surface area contributed by atoms with Crippen LogP contribution in [0.1, 0.15) is 39.0 Å². The fraction of sp³-hybridized carbons (Fsp3) is 0.846. The molecule has 1 rings (SSSR count). The zero-order valence-corrected chi connectivity index (χ0v) is 12.3. The zero-order chi connectivity index (χ0) is 13.6. The quantitative estimate of drug-likeness (QED) is 0.778. The van der Waals surface area contributed by atoms with E-state index in [4.69, 9.17) is 4.74 Å². The van der Waals surface area contributed by atoms with Gasteiger partial charge in [0.25, 0.3) is 0 Å². The van der Waals surface area contributed by atoms with E-state index in [0.29, 0.717) is 25.2 Å². The summed E-state index contributed by atoms with van der Waals surface area (Å²) >= 11 is 1.63. The van der Waals surface area contributed by atoms with Crippen LogP contribution < -0.4 is 5.32 Å². The number of thioether (sulfide) groups is 1. The minimum atomic E-state index is -0.781. The molecule has 1 amide bonds. The number of rotatable bonds is 5. The molecule has 0 atom stereocenters. The first kappa shape index (κ1) is 15.3. The third-order valence-electron chi connectivity index (χ3n) is 3.62. The summed E-state index contributed by atoms with van der Waals surface area (Å²) in [4.78, 5) is 23.8. The summed E-state index contributed by atoms with van der Waals surface area (Å²) in [6.07, 6.45) is 5.70. The molecule has 0 heterocycles. The van der Waals surface area contributed by atoms with E-state index in [1.165, 1.54) is 7.11 Å². The number of esters is 1. The van der Waals surface area contributed by atoms with E-state index >= 15 is 0 Å². The normalized spacial score (nSPS) is 27.6. The molecule has 1 aliphatic carbocycles. The standard InChI is InChI=1S/C13H23NO3S/c1-10-4-7-13(8-5-10,12(16)17-2)14-11(15)6-9-18-3/h10H,4-9H2,1-3H3,(H,14,15). The van der Waals surface area contributed by atoms with Crippen molar-refractivity contribution in [2.45, 2.75) is 44.6 Å². The lowest BCUT2D eigenvalue weighted by molar-refractivity contribution is -0.153. The summed E-state index contributed by atoms with van der Waals surface area (Å²) in [5.74, 6) is 1.04. The maximum Gasteiger partial charge on any atom is 0.331 e. The Morgan fingerprint density at radius 2 is 2.00 bits per heavy atom. The Morgan fingerprint density at radius 1 is 1.39 bits per heavy atom. The molecule has 1 fully saturated rings. The highest BCUT2D eigenvalue weighted by atomic mass is 32.2. The van der Waals surface area contributed by atoms with Crippen LogP contribution in [0.25, 0.3) is 0 Å². The molecule has 0 unspecified atom stereocenters. The Hall–Kier alpha value is -0.710. The zero-order valence-electron chi connectivity index (χ0n) is 11.5. The first-order valence-corrected chi connectivity index (χ1v) is 7.82. The molecule has 1 aliphatic rings. The topological polar surface area (TPSA) is 55.4 Å². The Morgan fingerprint density at radius 3 is 2.50 bits per heavy atom. The largest absolute Gasteiger partial charge is 0.467 e. The van der Waals surface area contributed by atoms with Gasteiger partial charge in [-0.1, -0.05) is 6.92 Å². The Kier molecular flexibility index (Phi) is 5.99. The van der Waals surface area contributed by atoms with E-state index in [1.807, 2.05) is 6.26 Å². The molecule has 4 nitrogen and oxygen atoms in total. The summed E-state index contributed by atoms with van der Waals surface area (Å²) in [6.45, 7) is 2.18. The van der Waals surface area contributed by atoms with Crippen molar-refractivity contribution < 1.29 is 14.3 Å². The van der Waals surface area contributed by atoms with E-state index in [0.717, 1.165) is 18.6 Å². The second-order valence-corrected chi connectivity index (χ2v) is 6.03.